The summed E-state index contributed by atoms with van der Waals surface area (Å²) in [7, 11) is 0. The van der Waals surface area contributed by atoms with Crippen molar-refractivity contribution in [3.8, 4) is 10.4 Å². The van der Waals surface area contributed by atoms with Crippen LogP contribution in [0.25, 0.3) is 10.4 Å². The molecule has 1 saturated heterocycles. The lowest BCUT2D eigenvalue weighted by atomic mass is 10.1. The highest BCUT2D eigenvalue weighted by atomic mass is 32.1. The average Bonchev–Trinajstić information content (AvgIpc) is 3.57. The molecule has 1 aliphatic carbocycles. The Morgan fingerprint density at radius 3 is 2.51 bits per heavy atom. The molecule has 4 rings (SSSR count). The number of pyridine rings is 1. The summed E-state index contributed by atoms with van der Waals surface area (Å²) in [4.78, 5) is 34.9. The first kappa shape index (κ1) is 30.9. The number of amides is 2. The van der Waals surface area contributed by atoms with Crippen molar-refractivity contribution in [2.75, 3.05) is 11.9 Å². The standard InChI is InChI=1S/C25H28F7N5O3S/c1-3-16(25(30,31)32)35-17-7-12(20(26)27)13(9-33-17)19-18(23(40)37-10-24(28,29)8-11(37)2)36-22(41-19)21(39)34-14-5-4-6-15(14)38/h7,9,11,14-16,20,38H,3-6,8,10H2,1-2H3,(H,33,35)(H,34,39)/t11-,14?,15?,16-/m0/s1. The Morgan fingerprint density at radius 1 is 1.27 bits per heavy atom. The lowest BCUT2D eigenvalue weighted by Gasteiger charge is -2.22. The highest BCUT2D eigenvalue weighted by molar-refractivity contribution is 7.17. The molecule has 1 saturated carbocycles. The first-order chi connectivity index (χ1) is 19.1. The van der Waals surface area contributed by atoms with E-state index in [0.717, 1.165) is 11.1 Å². The molecule has 226 valence electrons. The van der Waals surface area contributed by atoms with Gasteiger partial charge in [-0.15, -0.1) is 11.3 Å². The number of halogens is 7. The number of hydrogen-bond acceptors (Lipinski definition) is 7. The molecule has 4 atom stereocenters. The quantitative estimate of drug-likeness (QED) is 0.345. The van der Waals surface area contributed by atoms with Gasteiger partial charge in [-0.3, -0.25) is 9.59 Å². The number of likely N-dealkylation sites (tertiary alicyclic amines) is 1. The number of nitrogens with one attached hydrogen (secondary N) is 2. The van der Waals surface area contributed by atoms with Gasteiger partial charge in [-0.25, -0.2) is 27.5 Å². The van der Waals surface area contributed by atoms with E-state index in [1.165, 1.54) is 13.8 Å². The second kappa shape index (κ2) is 11.7. The molecule has 0 radical (unpaired) electrons. The summed E-state index contributed by atoms with van der Waals surface area (Å²) in [6.45, 7) is 1.69. The normalized spacial score (nSPS) is 23.2. The fourth-order valence-corrected chi connectivity index (χ4v) is 6.01. The molecule has 2 fully saturated rings. The summed E-state index contributed by atoms with van der Waals surface area (Å²) >= 11 is 0.540. The highest BCUT2D eigenvalue weighted by Crippen LogP contribution is 2.40. The van der Waals surface area contributed by atoms with E-state index in [1.807, 2.05) is 0 Å². The van der Waals surface area contributed by atoms with Gasteiger partial charge in [-0.1, -0.05) is 6.92 Å². The summed E-state index contributed by atoms with van der Waals surface area (Å²) < 4.78 is 96.3. The van der Waals surface area contributed by atoms with Crippen LogP contribution in [-0.4, -0.2) is 74.7 Å². The van der Waals surface area contributed by atoms with E-state index >= 15 is 0 Å². The van der Waals surface area contributed by atoms with Crippen LogP contribution in [0.3, 0.4) is 0 Å². The van der Waals surface area contributed by atoms with Gasteiger partial charge in [0.15, 0.2) is 5.01 Å². The van der Waals surface area contributed by atoms with Gasteiger partial charge in [-0.05, 0) is 38.7 Å². The van der Waals surface area contributed by atoms with Crippen LogP contribution in [0.15, 0.2) is 12.3 Å². The van der Waals surface area contributed by atoms with Gasteiger partial charge in [0.25, 0.3) is 24.2 Å². The minimum Gasteiger partial charge on any atom is -0.391 e. The van der Waals surface area contributed by atoms with Gasteiger partial charge in [0.2, 0.25) is 0 Å². The number of thiazole rings is 1. The van der Waals surface area contributed by atoms with E-state index in [0.29, 0.717) is 36.7 Å². The number of nitrogens with zero attached hydrogens (tertiary/aromatic N) is 3. The molecule has 2 aromatic heterocycles. The fraction of sp³-hybridized carbons (Fsp3) is 0.600. The van der Waals surface area contributed by atoms with Gasteiger partial charge in [0.1, 0.15) is 17.6 Å². The number of rotatable bonds is 8. The molecule has 0 spiro atoms. The van der Waals surface area contributed by atoms with Crippen molar-refractivity contribution >= 4 is 29.0 Å². The molecule has 3 N–H and O–H groups in total. The van der Waals surface area contributed by atoms with Crippen LogP contribution in [-0.2, 0) is 0 Å². The Morgan fingerprint density at radius 2 is 1.98 bits per heavy atom. The fourth-order valence-electron chi connectivity index (χ4n) is 5.02. The van der Waals surface area contributed by atoms with Crippen molar-refractivity contribution in [3.63, 3.8) is 0 Å². The molecule has 2 aromatic rings. The third-order valence-electron chi connectivity index (χ3n) is 7.15. The second-order valence-corrected chi connectivity index (χ2v) is 11.2. The molecule has 2 amide bonds. The predicted octanol–water partition coefficient (Wildman–Crippen LogP) is 5.41. The molecule has 8 nitrogen and oxygen atoms in total. The molecule has 2 aliphatic rings. The monoisotopic (exact) mass is 611 g/mol. The largest absolute Gasteiger partial charge is 0.408 e. The smallest absolute Gasteiger partial charge is 0.391 e. The minimum atomic E-state index is -4.68. The summed E-state index contributed by atoms with van der Waals surface area (Å²) in [6.07, 6.45) is -7.36. The number of anilines is 1. The molecule has 0 bridgehead atoms. The van der Waals surface area contributed by atoms with Gasteiger partial charge in [0, 0.05) is 29.8 Å². The van der Waals surface area contributed by atoms with Crippen molar-refractivity contribution in [3.05, 3.63) is 28.5 Å². The summed E-state index contributed by atoms with van der Waals surface area (Å²) in [5.41, 5.74) is -1.72. The first-order valence-electron chi connectivity index (χ1n) is 12.9. The average molecular weight is 612 g/mol. The number of aromatic nitrogens is 2. The SMILES string of the molecule is CC[C@H](Nc1cc(C(F)F)c(-c2sc(C(=O)NC3CCCC3O)nc2C(=O)N2CC(F)(F)C[C@@H]2C)cn1)C(F)(F)F. The molecular formula is C25H28F7N5O3S. The van der Waals surface area contributed by atoms with Crippen LogP contribution in [0, 0.1) is 0 Å². The van der Waals surface area contributed by atoms with E-state index in [2.05, 4.69) is 20.6 Å². The molecule has 1 aliphatic heterocycles. The molecule has 16 heteroatoms. The van der Waals surface area contributed by atoms with Gasteiger partial charge >= 0.3 is 6.18 Å². The van der Waals surface area contributed by atoms with Crippen LogP contribution < -0.4 is 10.6 Å². The Hall–Kier alpha value is -3.01. The number of carbonyl (C=O) groups excluding carboxylic acids is 2. The van der Waals surface area contributed by atoms with Crippen LogP contribution in [0.4, 0.5) is 36.6 Å². The first-order valence-corrected chi connectivity index (χ1v) is 13.7. The second-order valence-electron chi connectivity index (χ2n) is 10.2. The van der Waals surface area contributed by atoms with Crippen molar-refractivity contribution in [1.82, 2.24) is 20.2 Å². The molecule has 0 aromatic carbocycles. The maximum atomic E-state index is 14.2. The summed E-state index contributed by atoms with van der Waals surface area (Å²) in [5, 5.41) is 14.4. The lowest BCUT2D eigenvalue weighted by Crippen LogP contribution is -2.40. The Labute approximate surface area is 234 Å². The molecule has 3 heterocycles. The van der Waals surface area contributed by atoms with Crippen molar-refractivity contribution < 1.29 is 45.4 Å². The number of aliphatic hydroxyl groups is 1. The Bertz CT molecular complexity index is 1290. The van der Waals surface area contributed by atoms with E-state index < -0.39 is 91.0 Å². The summed E-state index contributed by atoms with van der Waals surface area (Å²) in [5.74, 6) is -5.51. The van der Waals surface area contributed by atoms with Crippen molar-refractivity contribution in [2.45, 2.75) is 88.7 Å². The summed E-state index contributed by atoms with van der Waals surface area (Å²) in [6, 6.07) is -2.88. The molecule has 41 heavy (non-hydrogen) atoms. The lowest BCUT2D eigenvalue weighted by molar-refractivity contribution is -0.142. The minimum absolute atomic E-state index is 0.272. The molecule has 2 unspecified atom stereocenters. The van der Waals surface area contributed by atoms with Crippen LogP contribution >= 0.6 is 11.3 Å². The number of alkyl halides is 7. The van der Waals surface area contributed by atoms with Gasteiger partial charge in [-0.2, -0.15) is 13.2 Å². The number of hydrogen-bond donors (Lipinski definition) is 3. The zero-order chi connectivity index (χ0) is 30.3. The number of carbonyl (C=O) groups is 2. The molecular weight excluding hydrogens is 583 g/mol. The maximum absolute atomic E-state index is 14.2. The van der Waals surface area contributed by atoms with Crippen LogP contribution in [0.1, 0.15) is 78.2 Å². The van der Waals surface area contributed by atoms with Crippen LogP contribution in [0.5, 0.6) is 0 Å². The highest BCUT2D eigenvalue weighted by Gasteiger charge is 2.46. The van der Waals surface area contributed by atoms with Crippen molar-refractivity contribution in [1.29, 1.82) is 0 Å². The van der Waals surface area contributed by atoms with Crippen molar-refractivity contribution in [2.24, 2.45) is 0 Å². The maximum Gasteiger partial charge on any atom is 0.408 e. The Balaban J connectivity index is 1.76. The van der Waals surface area contributed by atoms with E-state index in [9.17, 15) is 45.4 Å². The topological polar surface area (TPSA) is 107 Å². The third-order valence-corrected chi connectivity index (χ3v) is 8.24. The Kier molecular flexibility index (Phi) is 8.83. The predicted molar refractivity (Wildman–Crippen MR) is 135 cm³/mol. The number of aliphatic hydroxyl groups excluding tert-OH is 1. The van der Waals surface area contributed by atoms with E-state index in [4.69, 9.17) is 0 Å². The zero-order valence-electron chi connectivity index (χ0n) is 21.9. The van der Waals surface area contributed by atoms with Gasteiger partial charge in [0.05, 0.1) is 23.6 Å². The zero-order valence-corrected chi connectivity index (χ0v) is 22.8. The van der Waals surface area contributed by atoms with Gasteiger partial charge < -0.3 is 20.6 Å². The van der Waals surface area contributed by atoms with E-state index in [-0.39, 0.29) is 15.4 Å². The van der Waals surface area contributed by atoms with E-state index in [1.54, 1.807) is 0 Å². The third kappa shape index (κ3) is 6.74. The van der Waals surface area contributed by atoms with Crippen LogP contribution in [0.2, 0.25) is 0 Å².